The summed E-state index contributed by atoms with van der Waals surface area (Å²) in [5.74, 6) is -1.55. The molecule has 0 aliphatic heterocycles. The monoisotopic (exact) mass is 425 g/mol. The lowest BCUT2D eigenvalue weighted by atomic mass is 10.1. The molecule has 0 spiro atoms. The Bertz CT molecular complexity index is 1180. The lowest BCUT2D eigenvalue weighted by molar-refractivity contribution is -0.141. The van der Waals surface area contributed by atoms with Crippen molar-refractivity contribution in [2.24, 2.45) is 4.99 Å². The Morgan fingerprint density at radius 2 is 1.83 bits per heavy atom. The fourth-order valence-corrected chi connectivity index (χ4v) is 4.17. The number of nitrogens with zero attached hydrogens (tertiary/aromatic N) is 2. The predicted octanol–water partition coefficient (Wildman–Crippen LogP) is 4.14. The number of thiazole rings is 1. The van der Waals surface area contributed by atoms with Crippen molar-refractivity contribution in [2.75, 3.05) is 5.32 Å². The Morgan fingerprint density at radius 1 is 1.13 bits per heavy atom. The summed E-state index contributed by atoms with van der Waals surface area (Å²) in [5, 5.41) is 12.5. The van der Waals surface area contributed by atoms with E-state index in [1.165, 1.54) is 11.3 Å². The molecule has 2 amide bonds. The van der Waals surface area contributed by atoms with Gasteiger partial charge in [0.1, 0.15) is 6.04 Å². The van der Waals surface area contributed by atoms with Gasteiger partial charge in [-0.1, -0.05) is 42.9 Å². The highest BCUT2D eigenvalue weighted by molar-refractivity contribution is 7.16. The molecule has 0 aliphatic rings. The van der Waals surface area contributed by atoms with Gasteiger partial charge in [0.2, 0.25) is 5.91 Å². The van der Waals surface area contributed by atoms with E-state index >= 15 is 0 Å². The van der Waals surface area contributed by atoms with Crippen LogP contribution in [0.1, 0.15) is 48.7 Å². The van der Waals surface area contributed by atoms with E-state index in [1.54, 1.807) is 48.7 Å². The number of amides is 2. The number of carbonyl (C=O) groups excluding carboxylic acids is 2. The van der Waals surface area contributed by atoms with Crippen LogP contribution in [0.3, 0.4) is 0 Å². The van der Waals surface area contributed by atoms with Crippen LogP contribution in [-0.4, -0.2) is 27.5 Å². The van der Waals surface area contributed by atoms with E-state index in [4.69, 9.17) is 0 Å². The zero-order valence-corrected chi connectivity index (χ0v) is 17.8. The van der Waals surface area contributed by atoms with E-state index in [0.717, 1.165) is 10.3 Å². The topological polar surface area (TPSA) is 101 Å². The largest absolute Gasteiger partial charge is 0.480 e. The van der Waals surface area contributed by atoms with Gasteiger partial charge in [-0.3, -0.25) is 9.59 Å². The van der Waals surface area contributed by atoms with Crippen LogP contribution in [0.5, 0.6) is 0 Å². The molecule has 0 fully saturated rings. The Morgan fingerprint density at radius 3 is 2.43 bits per heavy atom. The first kappa shape index (κ1) is 21.4. The number of aryl methyl sites for hydroxylation is 1. The summed E-state index contributed by atoms with van der Waals surface area (Å²) in [6, 6.07) is 11.4. The molecule has 2 aromatic carbocycles. The van der Waals surface area contributed by atoms with Crippen molar-refractivity contribution < 1.29 is 19.5 Å². The molecule has 2 N–H and O–H groups in total. The minimum Gasteiger partial charge on any atom is -0.480 e. The van der Waals surface area contributed by atoms with Crippen LogP contribution in [-0.2, 0) is 9.59 Å². The van der Waals surface area contributed by atoms with Gasteiger partial charge in [-0.25, -0.2) is 4.79 Å². The number of nitrogens with one attached hydrogen (secondary N) is 1. The maximum Gasteiger partial charge on any atom is 0.326 e. The second-order valence-corrected chi connectivity index (χ2v) is 7.89. The first-order valence-corrected chi connectivity index (χ1v) is 10.5. The zero-order valence-electron chi connectivity index (χ0n) is 17.0. The molecule has 7 nitrogen and oxygen atoms in total. The highest BCUT2D eigenvalue weighted by Crippen LogP contribution is 2.26. The first-order valence-electron chi connectivity index (χ1n) is 9.67. The Hall–Kier alpha value is -3.26. The van der Waals surface area contributed by atoms with Gasteiger partial charge in [0, 0.05) is 17.7 Å². The third kappa shape index (κ3) is 4.49. The highest BCUT2D eigenvalue weighted by atomic mass is 32.1. The van der Waals surface area contributed by atoms with Crippen LogP contribution in [0.25, 0.3) is 10.2 Å². The molecule has 156 valence electrons. The summed E-state index contributed by atoms with van der Waals surface area (Å²) < 4.78 is 2.32. The molecule has 1 heterocycles. The van der Waals surface area contributed by atoms with Gasteiger partial charge in [0.25, 0.3) is 5.91 Å². The number of hydrogen-bond donors (Lipinski definition) is 2. The number of hydrogen-bond acceptors (Lipinski definition) is 4. The standard InChI is InChI=1S/C22H23N3O4S/c1-4-16(21(28)29)25-17-11-10-15(23-19(26)5-2)12-18(17)30-22(25)24-20(27)14-8-6-13(3)7-9-14/h6-12,16H,4-5H2,1-3H3,(H,23,26)(H,28,29). The van der Waals surface area contributed by atoms with E-state index < -0.39 is 17.9 Å². The molecule has 1 atom stereocenters. The summed E-state index contributed by atoms with van der Waals surface area (Å²) in [4.78, 5) is 40.8. The van der Waals surface area contributed by atoms with E-state index in [2.05, 4.69) is 10.3 Å². The number of fused-ring (bicyclic) bond motifs is 1. The predicted molar refractivity (Wildman–Crippen MR) is 117 cm³/mol. The molecular formula is C22H23N3O4S. The van der Waals surface area contributed by atoms with E-state index in [9.17, 15) is 19.5 Å². The van der Waals surface area contributed by atoms with Crippen LogP contribution in [0.2, 0.25) is 0 Å². The number of aromatic nitrogens is 1. The molecule has 1 unspecified atom stereocenters. The van der Waals surface area contributed by atoms with Gasteiger partial charge in [0.05, 0.1) is 10.2 Å². The Kier molecular flexibility index (Phi) is 6.47. The maximum absolute atomic E-state index is 12.7. The van der Waals surface area contributed by atoms with Crippen molar-refractivity contribution in [3.05, 3.63) is 58.4 Å². The molecule has 30 heavy (non-hydrogen) atoms. The summed E-state index contributed by atoms with van der Waals surface area (Å²) in [7, 11) is 0. The van der Waals surface area contributed by atoms with Crippen LogP contribution in [0.4, 0.5) is 5.69 Å². The smallest absolute Gasteiger partial charge is 0.326 e. The summed E-state index contributed by atoms with van der Waals surface area (Å²) >= 11 is 1.22. The number of carboxylic acids is 1. The molecule has 0 radical (unpaired) electrons. The van der Waals surface area contributed by atoms with Crippen molar-refractivity contribution in [2.45, 2.75) is 39.7 Å². The van der Waals surface area contributed by atoms with Gasteiger partial charge in [0.15, 0.2) is 4.80 Å². The SMILES string of the molecule is CCC(=O)Nc1ccc2c(c1)sc(=NC(=O)c1ccc(C)cc1)n2C(CC)C(=O)O. The van der Waals surface area contributed by atoms with Crippen molar-refractivity contribution in [3.8, 4) is 0 Å². The molecule has 8 heteroatoms. The van der Waals surface area contributed by atoms with Crippen molar-refractivity contribution in [3.63, 3.8) is 0 Å². The molecule has 0 saturated heterocycles. The average molecular weight is 426 g/mol. The van der Waals surface area contributed by atoms with E-state index in [1.807, 2.05) is 19.1 Å². The maximum atomic E-state index is 12.7. The molecule has 3 aromatic rings. The Balaban J connectivity index is 2.17. The number of anilines is 1. The lowest BCUT2D eigenvalue weighted by Gasteiger charge is -2.13. The number of carboxylic acid groups (broad SMARTS) is 1. The van der Waals surface area contributed by atoms with Crippen LogP contribution >= 0.6 is 11.3 Å². The zero-order chi connectivity index (χ0) is 21.8. The number of carbonyl (C=O) groups is 3. The van der Waals surface area contributed by atoms with Gasteiger partial charge < -0.3 is 15.0 Å². The average Bonchev–Trinajstić information content (AvgIpc) is 3.05. The van der Waals surface area contributed by atoms with Crippen molar-refractivity contribution >= 4 is 45.0 Å². The van der Waals surface area contributed by atoms with Crippen molar-refractivity contribution in [1.29, 1.82) is 0 Å². The van der Waals surface area contributed by atoms with Crippen LogP contribution in [0.15, 0.2) is 47.5 Å². The summed E-state index contributed by atoms with van der Waals surface area (Å²) in [6.07, 6.45) is 0.687. The second kappa shape index (κ2) is 9.04. The van der Waals surface area contributed by atoms with Crippen molar-refractivity contribution in [1.82, 2.24) is 4.57 Å². The number of benzene rings is 2. The van der Waals surface area contributed by atoms with E-state index in [-0.39, 0.29) is 5.91 Å². The van der Waals surface area contributed by atoms with E-state index in [0.29, 0.717) is 34.4 Å². The molecular weight excluding hydrogens is 402 g/mol. The Labute approximate surface area is 177 Å². The second-order valence-electron chi connectivity index (χ2n) is 6.88. The molecule has 3 rings (SSSR count). The number of rotatable bonds is 6. The quantitative estimate of drug-likeness (QED) is 0.620. The highest BCUT2D eigenvalue weighted by Gasteiger charge is 2.22. The first-order chi connectivity index (χ1) is 14.3. The fraction of sp³-hybridized carbons (Fsp3) is 0.273. The van der Waals surface area contributed by atoms with Crippen LogP contribution < -0.4 is 10.1 Å². The third-order valence-electron chi connectivity index (χ3n) is 4.71. The van der Waals surface area contributed by atoms with Gasteiger partial charge >= 0.3 is 5.97 Å². The summed E-state index contributed by atoms with van der Waals surface area (Å²) in [6.45, 7) is 5.47. The third-order valence-corrected chi connectivity index (χ3v) is 5.73. The minimum absolute atomic E-state index is 0.116. The minimum atomic E-state index is -0.996. The normalized spacial score (nSPS) is 12.7. The van der Waals surface area contributed by atoms with Gasteiger partial charge in [-0.2, -0.15) is 4.99 Å². The van der Waals surface area contributed by atoms with Gasteiger partial charge in [-0.15, -0.1) is 0 Å². The molecule has 1 aromatic heterocycles. The number of aliphatic carboxylic acids is 1. The lowest BCUT2D eigenvalue weighted by Crippen LogP contribution is -2.27. The summed E-state index contributed by atoms with van der Waals surface area (Å²) in [5.41, 5.74) is 2.73. The fourth-order valence-electron chi connectivity index (χ4n) is 3.07. The molecule has 0 aliphatic carbocycles. The van der Waals surface area contributed by atoms with Gasteiger partial charge in [-0.05, 0) is 43.7 Å². The van der Waals surface area contributed by atoms with Crippen LogP contribution in [0, 0.1) is 6.92 Å². The molecule has 0 saturated carbocycles. The molecule has 0 bridgehead atoms.